The normalized spacial score (nSPS) is 19.7. The SMILES string of the molecule is COc1cc([C@@H]2C(=C(O)c3ccc4c(c3)OCCO4)C(=O)C(=O)N2Cc2ccc3c(c2)OCO3)cc2c1OCO2. The number of benzene rings is 3. The highest BCUT2D eigenvalue weighted by atomic mass is 16.7. The first kappa shape index (κ1) is 24.0. The van der Waals surface area contributed by atoms with E-state index >= 15 is 0 Å². The van der Waals surface area contributed by atoms with Crippen molar-refractivity contribution >= 4 is 17.4 Å². The summed E-state index contributed by atoms with van der Waals surface area (Å²) in [5.41, 5.74) is 1.44. The second-order valence-corrected chi connectivity index (χ2v) is 9.43. The fourth-order valence-corrected chi connectivity index (χ4v) is 5.28. The summed E-state index contributed by atoms with van der Waals surface area (Å²) in [6.07, 6.45) is 0. The highest BCUT2D eigenvalue weighted by Crippen LogP contribution is 2.48. The molecule has 204 valence electrons. The van der Waals surface area contributed by atoms with E-state index in [1.54, 1.807) is 48.5 Å². The summed E-state index contributed by atoms with van der Waals surface area (Å²) in [5.74, 6) is 1.38. The fraction of sp³-hybridized carbons (Fsp3) is 0.241. The zero-order valence-electron chi connectivity index (χ0n) is 21.3. The molecular weight excluding hydrogens is 522 g/mol. The third kappa shape index (κ3) is 3.81. The van der Waals surface area contributed by atoms with Crippen molar-refractivity contribution in [1.82, 2.24) is 4.90 Å². The second-order valence-electron chi connectivity index (χ2n) is 9.43. The number of carbonyl (C=O) groups excluding carboxylic acids is 2. The van der Waals surface area contributed by atoms with E-state index in [1.165, 1.54) is 12.0 Å². The minimum absolute atomic E-state index is 0.00370. The zero-order valence-corrected chi connectivity index (χ0v) is 21.3. The van der Waals surface area contributed by atoms with Crippen LogP contribution in [0.4, 0.5) is 0 Å². The molecular formula is C29H23NO10. The molecule has 4 aliphatic heterocycles. The van der Waals surface area contributed by atoms with Gasteiger partial charge < -0.3 is 43.2 Å². The Morgan fingerprint density at radius 1 is 0.850 bits per heavy atom. The van der Waals surface area contributed by atoms with E-state index in [-0.39, 0.29) is 31.5 Å². The summed E-state index contributed by atoms with van der Waals surface area (Å²) >= 11 is 0. The Labute approximate surface area is 228 Å². The van der Waals surface area contributed by atoms with Crippen molar-refractivity contribution in [2.45, 2.75) is 12.6 Å². The molecule has 4 aliphatic rings. The van der Waals surface area contributed by atoms with Crippen LogP contribution in [0.25, 0.3) is 5.76 Å². The highest BCUT2D eigenvalue weighted by Gasteiger charge is 2.47. The predicted molar refractivity (Wildman–Crippen MR) is 137 cm³/mol. The predicted octanol–water partition coefficient (Wildman–Crippen LogP) is 3.55. The number of ether oxygens (including phenoxy) is 7. The molecule has 1 N–H and O–H groups in total. The van der Waals surface area contributed by atoms with Gasteiger partial charge in [0.15, 0.2) is 34.5 Å². The van der Waals surface area contributed by atoms with Crippen molar-refractivity contribution in [1.29, 1.82) is 0 Å². The minimum atomic E-state index is -0.970. The monoisotopic (exact) mass is 545 g/mol. The average molecular weight is 546 g/mol. The van der Waals surface area contributed by atoms with E-state index in [4.69, 9.17) is 33.2 Å². The Kier molecular flexibility index (Phi) is 5.58. The van der Waals surface area contributed by atoms with E-state index in [9.17, 15) is 14.7 Å². The molecule has 1 fully saturated rings. The maximum absolute atomic E-state index is 13.6. The fourth-order valence-electron chi connectivity index (χ4n) is 5.28. The molecule has 0 unspecified atom stereocenters. The zero-order chi connectivity index (χ0) is 27.4. The molecule has 11 nitrogen and oxygen atoms in total. The number of ketones is 1. The largest absolute Gasteiger partial charge is 0.507 e. The van der Waals surface area contributed by atoms with Gasteiger partial charge in [0.25, 0.3) is 11.7 Å². The lowest BCUT2D eigenvalue weighted by atomic mass is 9.94. The first-order valence-corrected chi connectivity index (χ1v) is 12.6. The summed E-state index contributed by atoms with van der Waals surface area (Å²) in [6.45, 7) is 0.934. The van der Waals surface area contributed by atoms with Gasteiger partial charge in [-0.1, -0.05) is 6.07 Å². The first-order chi connectivity index (χ1) is 19.5. The van der Waals surface area contributed by atoms with Crippen LogP contribution in [0.2, 0.25) is 0 Å². The first-order valence-electron chi connectivity index (χ1n) is 12.6. The Morgan fingerprint density at radius 3 is 2.40 bits per heavy atom. The standard InChI is InChI=1S/C29H23NO10/c1-34-22-10-17(11-23-28(22)40-14-39-23)25-24(26(31)16-3-5-18-21(9-16)36-7-6-35-18)27(32)29(33)30(25)12-15-2-4-19-20(8-15)38-13-37-19/h2-5,8-11,25,31H,6-7,12-14H2,1H3/t25-/m1/s1. The lowest BCUT2D eigenvalue weighted by molar-refractivity contribution is -0.140. The van der Waals surface area contributed by atoms with Gasteiger partial charge in [-0.15, -0.1) is 0 Å². The third-order valence-corrected chi connectivity index (χ3v) is 7.14. The van der Waals surface area contributed by atoms with Crippen LogP contribution in [0.5, 0.6) is 40.2 Å². The van der Waals surface area contributed by atoms with Crippen molar-refractivity contribution in [3.8, 4) is 40.2 Å². The number of nitrogens with zero attached hydrogens (tertiary/aromatic N) is 1. The third-order valence-electron chi connectivity index (χ3n) is 7.14. The van der Waals surface area contributed by atoms with Crippen LogP contribution in [0.1, 0.15) is 22.7 Å². The van der Waals surface area contributed by atoms with Crippen LogP contribution in [0, 0.1) is 0 Å². The number of aliphatic hydroxyl groups excluding tert-OH is 1. The van der Waals surface area contributed by atoms with Crippen molar-refractivity contribution in [2.24, 2.45) is 0 Å². The van der Waals surface area contributed by atoms with Gasteiger partial charge in [-0.2, -0.15) is 0 Å². The number of carbonyl (C=O) groups is 2. The van der Waals surface area contributed by atoms with Gasteiger partial charge in [-0.3, -0.25) is 9.59 Å². The Balaban J connectivity index is 1.37. The van der Waals surface area contributed by atoms with Gasteiger partial charge in [0.05, 0.1) is 18.7 Å². The van der Waals surface area contributed by atoms with Crippen LogP contribution >= 0.6 is 0 Å². The summed E-state index contributed by atoms with van der Waals surface area (Å²) < 4.78 is 38.8. The van der Waals surface area contributed by atoms with E-state index < -0.39 is 17.7 Å². The lowest BCUT2D eigenvalue weighted by Crippen LogP contribution is -2.29. The molecule has 0 saturated carbocycles. The molecule has 0 aromatic heterocycles. The van der Waals surface area contributed by atoms with Gasteiger partial charge in [0.2, 0.25) is 19.3 Å². The topological polar surface area (TPSA) is 122 Å². The molecule has 0 spiro atoms. The smallest absolute Gasteiger partial charge is 0.295 e. The molecule has 4 heterocycles. The molecule has 0 aliphatic carbocycles. The van der Waals surface area contributed by atoms with Crippen LogP contribution in [0.3, 0.4) is 0 Å². The maximum Gasteiger partial charge on any atom is 0.295 e. The number of Topliss-reactive ketones (excluding diaryl/α,β-unsaturated/α-hetero) is 1. The Bertz CT molecular complexity index is 1600. The quantitative estimate of drug-likeness (QED) is 0.289. The van der Waals surface area contributed by atoms with Gasteiger partial charge >= 0.3 is 0 Å². The minimum Gasteiger partial charge on any atom is -0.507 e. The van der Waals surface area contributed by atoms with Gasteiger partial charge in [0, 0.05) is 12.1 Å². The Hall–Kier alpha value is -5.06. The van der Waals surface area contributed by atoms with Crippen molar-refractivity contribution in [3.05, 3.63) is 70.8 Å². The number of aliphatic hydroxyl groups is 1. The molecule has 3 aromatic rings. The van der Waals surface area contributed by atoms with E-state index in [1.807, 2.05) is 0 Å². The number of fused-ring (bicyclic) bond motifs is 3. The molecule has 1 atom stereocenters. The van der Waals surface area contributed by atoms with Crippen LogP contribution in [-0.2, 0) is 16.1 Å². The molecule has 11 heteroatoms. The summed E-state index contributed by atoms with van der Waals surface area (Å²) in [7, 11) is 1.49. The number of hydrogen-bond donors (Lipinski definition) is 1. The van der Waals surface area contributed by atoms with E-state index in [0.717, 1.165) is 0 Å². The molecule has 1 saturated heterocycles. The summed E-state index contributed by atoms with van der Waals surface area (Å²) in [5, 5.41) is 11.5. The lowest BCUT2D eigenvalue weighted by Gasteiger charge is -2.26. The molecule has 7 rings (SSSR count). The van der Waals surface area contributed by atoms with Crippen LogP contribution in [-0.4, -0.2) is 55.6 Å². The second kappa shape index (κ2) is 9.30. The van der Waals surface area contributed by atoms with Crippen LogP contribution in [0.15, 0.2) is 54.1 Å². The molecule has 1 amide bonds. The molecule has 0 bridgehead atoms. The van der Waals surface area contributed by atoms with Crippen molar-refractivity contribution in [3.63, 3.8) is 0 Å². The van der Waals surface area contributed by atoms with Gasteiger partial charge in [-0.05, 0) is 53.6 Å². The van der Waals surface area contributed by atoms with Crippen molar-refractivity contribution in [2.75, 3.05) is 33.9 Å². The van der Waals surface area contributed by atoms with E-state index in [0.29, 0.717) is 70.2 Å². The molecule has 3 aromatic carbocycles. The molecule has 0 radical (unpaired) electrons. The number of likely N-dealkylation sites (tertiary alicyclic amines) is 1. The summed E-state index contributed by atoms with van der Waals surface area (Å²) in [6, 6.07) is 12.6. The number of rotatable bonds is 5. The Morgan fingerprint density at radius 2 is 1.55 bits per heavy atom. The number of hydrogen-bond acceptors (Lipinski definition) is 10. The summed E-state index contributed by atoms with van der Waals surface area (Å²) in [4.78, 5) is 28.5. The van der Waals surface area contributed by atoms with Crippen molar-refractivity contribution < 1.29 is 47.9 Å². The van der Waals surface area contributed by atoms with Gasteiger partial charge in [-0.25, -0.2) is 0 Å². The number of methoxy groups -OCH3 is 1. The van der Waals surface area contributed by atoms with E-state index in [2.05, 4.69) is 0 Å². The molecule has 40 heavy (non-hydrogen) atoms. The highest BCUT2D eigenvalue weighted by molar-refractivity contribution is 6.46. The number of amides is 1. The van der Waals surface area contributed by atoms with Crippen LogP contribution < -0.4 is 33.2 Å². The average Bonchev–Trinajstić information content (AvgIpc) is 3.71. The van der Waals surface area contributed by atoms with Gasteiger partial charge in [0.1, 0.15) is 19.0 Å². The maximum atomic E-state index is 13.6.